The Morgan fingerprint density at radius 2 is 1.66 bits per heavy atom. The topological polar surface area (TPSA) is 66.8 Å². The van der Waals surface area contributed by atoms with Crippen LogP contribution in [0.25, 0.3) is 11.1 Å². The minimum absolute atomic E-state index is 0.0817. The standard InChI is InChI=1S/C25H24BrNO4S/c1-14(2)27(23(24(28)29)22-12-21(26)15(3)32-22)25(30)31-13-20-18-10-6-4-8-16(18)17-9-5-7-11-19(17)20/h4-12,14,20,23H,13H2,1-3H3,(H,28,29). The molecule has 0 fully saturated rings. The second-order valence-electron chi connectivity index (χ2n) is 8.10. The quantitative estimate of drug-likeness (QED) is 0.402. The Morgan fingerprint density at radius 1 is 1.09 bits per heavy atom. The number of aliphatic carboxylic acids is 1. The maximum Gasteiger partial charge on any atom is 0.411 e. The molecule has 1 amide bonds. The first-order valence-corrected chi connectivity index (χ1v) is 12.0. The molecule has 0 saturated heterocycles. The fourth-order valence-electron chi connectivity index (χ4n) is 4.28. The van der Waals surface area contributed by atoms with Gasteiger partial charge in [0.05, 0.1) is 0 Å². The number of rotatable bonds is 6. The molecule has 0 radical (unpaired) electrons. The molecule has 1 aliphatic carbocycles. The lowest BCUT2D eigenvalue weighted by Gasteiger charge is -2.31. The van der Waals surface area contributed by atoms with Crippen molar-refractivity contribution < 1.29 is 19.4 Å². The van der Waals surface area contributed by atoms with Gasteiger partial charge in [-0.1, -0.05) is 48.5 Å². The molecule has 4 rings (SSSR count). The average molecular weight is 514 g/mol. The Kier molecular flexibility index (Phi) is 6.40. The normalized spacial score (nSPS) is 13.5. The molecular weight excluding hydrogens is 490 g/mol. The summed E-state index contributed by atoms with van der Waals surface area (Å²) in [5.74, 6) is -1.16. The van der Waals surface area contributed by atoms with Crippen LogP contribution in [0.4, 0.5) is 4.79 Å². The Morgan fingerprint density at radius 3 is 2.12 bits per heavy atom. The van der Waals surface area contributed by atoms with Gasteiger partial charge in [-0.2, -0.15) is 0 Å². The third kappa shape index (κ3) is 4.07. The van der Waals surface area contributed by atoms with Crippen molar-refractivity contribution in [1.29, 1.82) is 0 Å². The molecule has 1 atom stereocenters. The van der Waals surface area contributed by atoms with Crippen molar-refractivity contribution in [2.75, 3.05) is 6.61 Å². The molecule has 166 valence electrons. The molecule has 1 heterocycles. The smallest absolute Gasteiger partial charge is 0.411 e. The third-order valence-electron chi connectivity index (χ3n) is 5.76. The lowest BCUT2D eigenvalue weighted by molar-refractivity contribution is -0.143. The SMILES string of the molecule is Cc1sc(C(C(=O)O)N(C(=O)OCC2c3ccccc3-c3ccccc32)C(C)C)cc1Br. The number of hydrogen-bond acceptors (Lipinski definition) is 4. The fourth-order valence-corrected chi connectivity index (χ4v) is 5.93. The van der Waals surface area contributed by atoms with Crippen LogP contribution in [-0.4, -0.2) is 34.7 Å². The molecule has 2 aromatic carbocycles. The summed E-state index contributed by atoms with van der Waals surface area (Å²) in [7, 11) is 0. The highest BCUT2D eigenvalue weighted by Gasteiger charge is 2.37. The van der Waals surface area contributed by atoms with Crippen LogP contribution in [0.2, 0.25) is 0 Å². The number of carbonyl (C=O) groups is 2. The summed E-state index contributed by atoms with van der Waals surface area (Å²) in [4.78, 5) is 28.3. The Labute approximate surface area is 199 Å². The number of benzene rings is 2. The second kappa shape index (κ2) is 9.08. The number of hydrogen-bond donors (Lipinski definition) is 1. The first-order chi connectivity index (χ1) is 15.3. The zero-order valence-electron chi connectivity index (χ0n) is 18.0. The van der Waals surface area contributed by atoms with E-state index in [1.54, 1.807) is 19.9 Å². The molecule has 32 heavy (non-hydrogen) atoms. The van der Waals surface area contributed by atoms with Gasteiger partial charge in [0.25, 0.3) is 0 Å². The minimum atomic E-state index is -1.11. The summed E-state index contributed by atoms with van der Waals surface area (Å²) in [6.07, 6.45) is -0.628. The zero-order valence-corrected chi connectivity index (χ0v) is 20.4. The number of ether oxygens (including phenoxy) is 1. The van der Waals surface area contributed by atoms with Gasteiger partial charge < -0.3 is 9.84 Å². The summed E-state index contributed by atoms with van der Waals surface area (Å²) in [6, 6.07) is 16.5. The van der Waals surface area contributed by atoms with Gasteiger partial charge in [-0.3, -0.25) is 4.90 Å². The van der Waals surface area contributed by atoms with E-state index in [-0.39, 0.29) is 18.6 Å². The van der Waals surface area contributed by atoms with E-state index in [1.165, 1.54) is 16.2 Å². The zero-order chi connectivity index (χ0) is 23.0. The third-order valence-corrected chi connectivity index (χ3v) is 7.95. The van der Waals surface area contributed by atoms with Crippen molar-refractivity contribution in [1.82, 2.24) is 4.90 Å². The molecule has 1 aliphatic rings. The van der Waals surface area contributed by atoms with Crippen LogP contribution < -0.4 is 0 Å². The van der Waals surface area contributed by atoms with Gasteiger partial charge in [0.1, 0.15) is 6.61 Å². The molecule has 1 unspecified atom stereocenters. The fraction of sp³-hybridized carbons (Fsp3) is 0.280. The Balaban J connectivity index is 1.60. The Hall–Kier alpha value is -2.64. The first kappa shape index (κ1) is 22.6. The van der Waals surface area contributed by atoms with Crippen molar-refractivity contribution in [3.63, 3.8) is 0 Å². The number of aryl methyl sites for hydroxylation is 1. The van der Waals surface area contributed by atoms with Gasteiger partial charge in [-0.05, 0) is 65.0 Å². The molecule has 5 nitrogen and oxygen atoms in total. The Bertz CT molecular complexity index is 1110. The van der Waals surface area contributed by atoms with Crippen LogP contribution in [0.1, 0.15) is 46.7 Å². The molecule has 3 aromatic rings. The highest BCUT2D eigenvalue weighted by Crippen LogP contribution is 2.44. The summed E-state index contributed by atoms with van der Waals surface area (Å²) in [5.41, 5.74) is 4.52. The predicted octanol–water partition coefficient (Wildman–Crippen LogP) is 6.60. The maximum atomic E-state index is 13.2. The van der Waals surface area contributed by atoms with E-state index in [0.717, 1.165) is 31.6 Å². The molecule has 0 aliphatic heterocycles. The largest absolute Gasteiger partial charge is 0.479 e. The van der Waals surface area contributed by atoms with E-state index in [9.17, 15) is 14.7 Å². The highest BCUT2D eigenvalue weighted by atomic mass is 79.9. The summed E-state index contributed by atoms with van der Waals surface area (Å²) < 4.78 is 6.60. The lowest BCUT2D eigenvalue weighted by atomic mass is 9.98. The van der Waals surface area contributed by atoms with E-state index in [0.29, 0.717) is 4.88 Å². The maximum absolute atomic E-state index is 13.2. The number of thiophene rings is 1. The van der Waals surface area contributed by atoms with Gasteiger partial charge in [0.2, 0.25) is 0 Å². The van der Waals surface area contributed by atoms with Crippen molar-refractivity contribution in [3.05, 3.63) is 80.0 Å². The van der Waals surface area contributed by atoms with Crippen LogP contribution in [-0.2, 0) is 9.53 Å². The van der Waals surface area contributed by atoms with Gasteiger partial charge in [0.15, 0.2) is 6.04 Å². The van der Waals surface area contributed by atoms with Crippen molar-refractivity contribution in [2.45, 2.75) is 38.8 Å². The lowest BCUT2D eigenvalue weighted by Crippen LogP contribution is -2.43. The van der Waals surface area contributed by atoms with Crippen molar-refractivity contribution in [3.8, 4) is 11.1 Å². The minimum Gasteiger partial charge on any atom is -0.479 e. The van der Waals surface area contributed by atoms with Crippen LogP contribution in [0.5, 0.6) is 0 Å². The van der Waals surface area contributed by atoms with E-state index < -0.39 is 18.1 Å². The monoisotopic (exact) mass is 513 g/mol. The number of amides is 1. The number of carboxylic acid groups (broad SMARTS) is 1. The van der Waals surface area contributed by atoms with Gasteiger partial charge in [-0.15, -0.1) is 11.3 Å². The summed E-state index contributed by atoms with van der Waals surface area (Å²) in [6.45, 7) is 5.65. The molecule has 0 spiro atoms. The molecular formula is C25H24BrNO4S. The molecule has 1 N–H and O–H groups in total. The van der Waals surface area contributed by atoms with Crippen LogP contribution in [0, 0.1) is 6.92 Å². The predicted molar refractivity (Wildman–Crippen MR) is 129 cm³/mol. The molecule has 1 aromatic heterocycles. The van der Waals surface area contributed by atoms with Crippen molar-refractivity contribution >= 4 is 39.3 Å². The van der Waals surface area contributed by atoms with Crippen LogP contribution >= 0.6 is 27.3 Å². The number of fused-ring (bicyclic) bond motifs is 3. The molecule has 7 heteroatoms. The number of carbonyl (C=O) groups excluding carboxylic acids is 1. The van der Waals surface area contributed by atoms with Crippen LogP contribution in [0.3, 0.4) is 0 Å². The van der Waals surface area contributed by atoms with Gasteiger partial charge >= 0.3 is 12.1 Å². The van der Waals surface area contributed by atoms with Crippen LogP contribution in [0.15, 0.2) is 59.1 Å². The average Bonchev–Trinajstić information content (AvgIpc) is 3.26. The van der Waals surface area contributed by atoms with E-state index in [2.05, 4.69) is 40.2 Å². The van der Waals surface area contributed by atoms with E-state index in [1.807, 2.05) is 31.2 Å². The molecule has 0 saturated carbocycles. The first-order valence-electron chi connectivity index (χ1n) is 10.4. The summed E-state index contributed by atoms with van der Waals surface area (Å²) >= 11 is 4.81. The van der Waals surface area contributed by atoms with Gasteiger partial charge in [-0.25, -0.2) is 9.59 Å². The second-order valence-corrected chi connectivity index (χ2v) is 10.2. The van der Waals surface area contributed by atoms with Gasteiger partial charge in [0, 0.05) is 26.2 Å². The molecule has 0 bridgehead atoms. The number of halogens is 1. The number of carboxylic acids is 1. The van der Waals surface area contributed by atoms with E-state index in [4.69, 9.17) is 4.74 Å². The highest BCUT2D eigenvalue weighted by molar-refractivity contribution is 9.10. The van der Waals surface area contributed by atoms with Crippen molar-refractivity contribution in [2.24, 2.45) is 0 Å². The van der Waals surface area contributed by atoms with E-state index >= 15 is 0 Å². The number of nitrogens with zero attached hydrogens (tertiary/aromatic N) is 1. The summed E-state index contributed by atoms with van der Waals surface area (Å²) in [5, 5.41) is 9.98.